The lowest BCUT2D eigenvalue weighted by molar-refractivity contribution is 0.745. The molecule has 18 heavy (non-hydrogen) atoms. The van der Waals surface area contributed by atoms with Crippen molar-refractivity contribution in [2.45, 2.75) is 26.2 Å². The van der Waals surface area contributed by atoms with Crippen molar-refractivity contribution in [2.75, 3.05) is 0 Å². The Morgan fingerprint density at radius 2 is 1.39 bits per heavy atom. The van der Waals surface area contributed by atoms with Gasteiger partial charge in [0.05, 0.1) is 11.0 Å². The lowest BCUT2D eigenvalue weighted by atomic mass is 9.91. The van der Waals surface area contributed by atoms with Crippen LogP contribution in [0, 0.1) is 0 Å². The van der Waals surface area contributed by atoms with Gasteiger partial charge in [-0.3, -0.25) is 0 Å². The van der Waals surface area contributed by atoms with Gasteiger partial charge in [-0.15, -0.1) is 0 Å². The lowest BCUT2D eigenvalue weighted by Gasteiger charge is -2.15. The van der Waals surface area contributed by atoms with E-state index in [4.69, 9.17) is 4.98 Å². The summed E-state index contributed by atoms with van der Waals surface area (Å²) < 4.78 is 0. The molecule has 0 radical (unpaired) electrons. The number of benzene rings is 2. The van der Waals surface area contributed by atoms with Crippen LogP contribution in [0.4, 0.5) is 0 Å². The highest BCUT2D eigenvalue weighted by Gasteiger charge is 2.12. The first-order valence-corrected chi connectivity index (χ1v) is 6.58. The molecule has 0 saturated heterocycles. The first-order valence-electron chi connectivity index (χ1n) is 6.58. The van der Waals surface area contributed by atoms with Crippen LogP contribution in [-0.2, 0) is 0 Å². The maximum absolute atomic E-state index is 4.76. The number of aromatic nitrogens is 1. The molecule has 0 aliphatic carbocycles. The van der Waals surface area contributed by atoms with Gasteiger partial charge in [-0.25, -0.2) is 4.98 Å². The van der Waals surface area contributed by atoms with E-state index in [1.807, 2.05) is 0 Å². The Bertz CT molecular complexity index is 646. The molecule has 1 unspecified atom stereocenters. The second kappa shape index (κ2) is 4.41. The number of rotatable bonds is 2. The van der Waals surface area contributed by atoms with Crippen LogP contribution < -0.4 is 0 Å². The van der Waals surface area contributed by atoms with Crippen molar-refractivity contribution < 1.29 is 0 Å². The monoisotopic (exact) mass is 235 g/mol. The molecule has 0 spiro atoms. The molecule has 0 aliphatic heterocycles. The molecule has 90 valence electrons. The van der Waals surface area contributed by atoms with Gasteiger partial charge in [0.15, 0.2) is 0 Å². The molecule has 1 atom stereocenters. The Labute approximate surface area is 107 Å². The number of pyridine rings is 1. The Hall–Kier alpha value is -1.89. The van der Waals surface area contributed by atoms with Crippen molar-refractivity contribution in [3.05, 3.63) is 54.1 Å². The predicted octanol–water partition coefficient (Wildman–Crippen LogP) is 4.90. The van der Waals surface area contributed by atoms with E-state index in [1.165, 1.54) is 16.3 Å². The minimum absolute atomic E-state index is 0.558. The fourth-order valence-electron chi connectivity index (χ4n) is 2.61. The summed E-state index contributed by atoms with van der Waals surface area (Å²) in [4.78, 5) is 4.76. The van der Waals surface area contributed by atoms with Crippen LogP contribution in [0.25, 0.3) is 21.8 Å². The summed E-state index contributed by atoms with van der Waals surface area (Å²) in [6.45, 7) is 4.54. The zero-order valence-electron chi connectivity index (χ0n) is 10.9. The molecule has 3 aromatic rings. The summed E-state index contributed by atoms with van der Waals surface area (Å²) in [6, 6.07) is 16.9. The molecular weight excluding hydrogens is 218 g/mol. The third-order valence-electron chi connectivity index (χ3n) is 3.73. The smallest absolute Gasteiger partial charge is 0.0712 e. The van der Waals surface area contributed by atoms with Gasteiger partial charge in [0.25, 0.3) is 0 Å². The summed E-state index contributed by atoms with van der Waals surface area (Å²) in [5, 5.41) is 2.59. The summed E-state index contributed by atoms with van der Waals surface area (Å²) in [6.07, 6.45) is 1.15. The second-order valence-corrected chi connectivity index (χ2v) is 4.87. The van der Waals surface area contributed by atoms with Crippen LogP contribution >= 0.6 is 0 Å². The largest absolute Gasteiger partial charge is 0.248 e. The van der Waals surface area contributed by atoms with Gasteiger partial charge in [0, 0.05) is 10.8 Å². The van der Waals surface area contributed by atoms with Crippen molar-refractivity contribution in [1.29, 1.82) is 0 Å². The van der Waals surface area contributed by atoms with Gasteiger partial charge in [-0.05, 0) is 30.0 Å². The van der Waals surface area contributed by atoms with Gasteiger partial charge < -0.3 is 0 Å². The predicted molar refractivity (Wildman–Crippen MR) is 78.0 cm³/mol. The zero-order valence-corrected chi connectivity index (χ0v) is 10.9. The van der Waals surface area contributed by atoms with Crippen LogP contribution in [0.1, 0.15) is 31.7 Å². The molecule has 1 nitrogen and oxygen atoms in total. The highest BCUT2D eigenvalue weighted by Crippen LogP contribution is 2.33. The minimum atomic E-state index is 0.558. The van der Waals surface area contributed by atoms with Crippen LogP contribution in [0.3, 0.4) is 0 Å². The zero-order chi connectivity index (χ0) is 12.5. The van der Waals surface area contributed by atoms with Gasteiger partial charge in [-0.2, -0.15) is 0 Å². The standard InChI is InChI=1S/C17H17N/c1-3-12(2)17-13-8-4-6-10-15(13)18-16-11-7-5-9-14(16)17/h4-12H,3H2,1-2H3. The van der Waals surface area contributed by atoms with E-state index in [9.17, 15) is 0 Å². The lowest BCUT2D eigenvalue weighted by Crippen LogP contribution is -1.97. The number of para-hydroxylation sites is 2. The maximum Gasteiger partial charge on any atom is 0.0712 e. The number of hydrogen-bond acceptors (Lipinski definition) is 1. The Morgan fingerprint density at radius 3 is 1.89 bits per heavy atom. The number of nitrogens with zero attached hydrogens (tertiary/aromatic N) is 1. The highest BCUT2D eigenvalue weighted by molar-refractivity contribution is 5.97. The van der Waals surface area contributed by atoms with Crippen molar-refractivity contribution in [3.63, 3.8) is 0 Å². The van der Waals surface area contributed by atoms with E-state index in [1.54, 1.807) is 0 Å². The SMILES string of the molecule is CCC(C)c1c2ccccc2nc2ccccc12. The molecule has 3 rings (SSSR count). The van der Waals surface area contributed by atoms with Crippen molar-refractivity contribution in [3.8, 4) is 0 Å². The Morgan fingerprint density at radius 1 is 0.889 bits per heavy atom. The molecule has 1 heteroatoms. The summed E-state index contributed by atoms with van der Waals surface area (Å²) in [7, 11) is 0. The van der Waals surface area contributed by atoms with E-state index in [0.29, 0.717) is 5.92 Å². The average molecular weight is 235 g/mol. The summed E-state index contributed by atoms with van der Waals surface area (Å²) in [5.74, 6) is 0.558. The Kier molecular flexibility index (Phi) is 2.75. The summed E-state index contributed by atoms with van der Waals surface area (Å²) >= 11 is 0. The van der Waals surface area contributed by atoms with E-state index in [0.717, 1.165) is 17.5 Å². The molecular formula is C17H17N. The average Bonchev–Trinajstić information content (AvgIpc) is 2.44. The maximum atomic E-state index is 4.76. The van der Waals surface area contributed by atoms with E-state index < -0.39 is 0 Å². The minimum Gasteiger partial charge on any atom is -0.248 e. The third kappa shape index (κ3) is 1.67. The second-order valence-electron chi connectivity index (χ2n) is 4.87. The molecule has 0 amide bonds. The molecule has 0 aliphatic rings. The van der Waals surface area contributed by atoms with Crippen LogP contribution in [0.2, 0.25) is 0 Å². The molecule has 0 saturated carbocycles. The first-order chi connectivity index (χ1) is 8.81. The number of hydrogen-bond donors (Lipinski definition) is 0. The molecule has 2 aromatic carbocycles. The van der Waals surface area contributed by atoms with Crippen molar-refractivity contribution in [1.82, 2.24) is 4.98 Å². The van der Waals surface area contributed by atoms with Gasteiger partial charge >= 0.3 is 0 Å². The van der Waals surface area contributed by atoms with E-state index in [-0.39, 0.29) is 0 Å². The van der Waals surface area contributed by atoms with Crippen molar-refractivity contribution in [2.24, 2.45) is 0 Å². The van der Waals surface area contributed by atoms with E-state index >= 15 is 0 Å². The third-order valence-corrected chi connectivity index (χ3v) is 3.73. The molecule has 1 heterocycles. The fourth-order valence-corrected chi connectivity index (χ4v) is 2.61. The van der Waals surface area contributed by atoms with Crippen LogP contribution in [0.15, 0.2) is 48.5 Å². The first kappa shape index (κ1) is 11.2. The Balaban J connectivity index is 2.49. The normalized spacial score (nSPS) is 13.0. The number of fused-ring (bicyclic) bond motifs is 2. The fraction of sp³-hybridized carbons (Fsp3) is 0.235. The molecule has 1 aromatic heterocycles. The molecule has 0 fully saturated rings. The van der Waals surface area contributed by atoms with Crippen LogP contribution in [-0.4, -0.2) is 4.98 Å². The molecule has 0 bridgehead atoms. The highest BCUT2D eigenvalue weighted by atomic mass is 14.7. The van der Waals surface area contributed by atoms with Crippen LogP contribution in [0.5, 0.6) is 0 Å². The topological polar surface area (TPSA) is 12.9 Å². The molecule has 0 N–H and O–H groups in total. The van der Waals surface area contributed by atoms with Gasteiger partial charge in [0.1, 0.15) is 0 Å². The van der Waals surface area contributed by atoms with Crippen molar-refractivity contribution >= 4 is 21.8 Å². The van der Waals surface area contributed by atoms with Gasteiger partial charge in [0.2, 0.25) is 0 Å². The quantitative estimate of drug-likeness (QED) is 0.575. The summed E-state index contributed by atoms with van der Waals surface area (Å²) in [5.41, 5.74) is 3.65. The van der Waals surface area contributed by atoms with Gasteiger partial charge in [-0.1, -0.05) is 50.2 Å². The van der Waals surface area contributed by atoms with E-state index in [2.05, 4.69) is 62.4 Å².